The fourth-order valence-electron chi connectivity index (χ4n) is 1.84. The van der Waals surface area contributed by atoms with Gasteiger partial charge in [-0.1, -0.05) is 0 Å². The molecule has 23 heavy (non-hydrogen) atoms. The molecule has 2 amide bonds. The van der Waals surface area contributed by atoms with Gasteiger partial charge in [0.1, 0.15) is 0 Å². The molecule has 2 aromatic carbocycles. The quantitative estimate of drug-likeness (QED) is 0.627. The Morgan fingerprint density at radius 1 is 1.04 bits per heavy atom. The highest BCUT2D eigenvalue weighted by atomic mass is 79.9. The first-order valence-corrected chi connectivity index (χ1v) is 7.29. The SMILES string of the molecule is CC(=O)Nc1ccc(NC(=O)c2ccc(Br)c([N+](=O)[O-])c2)cc1. The molecule has 8 heteroatoms. The topological polar surface area (TPSA) is 101 Å². The third kappa shape index (κ3) is 4.36. The van der Waals surface area contributed by atoms with Gasteiger partial charge in [0.05, 0.1) is 9.40 Å². The number of rotatable bonds is 4. The van der Waals surface area contributed by atoms with Crippen molar-refractivity contribution in [3.8, 4) is 0 Å². The number of benzene rings is 2. The van der Waals surface area contributed by atoms with E-state index in [-0.39, 0.29) is 17.2 Å². The van der Waals surface area contributed by atoms with Crippen LogP contribution in [0, 0.1) is 10.1 Å². The van der Waals surface area contributed by atoms with E-state index in [4.69, 9.17) is 0 Å². The second-order valence-corrected chi connectivity index (χ2v) is 5.49. The first-order valence-electron chi connectivity index (χ1n) is 6.50. The molecule has 0 unspecified atom stereocenters. The first kappa shape index (κ1) is 16.6. The van der Waals surface area contributed by atoms with Crippen LogP contribution in [0.5, 0.6) is 0 Å². The highest BCUT2D eigenvalue weighted by molar-refractivity contribution is 9.10. The van der Waals surface area contributed by atoms with Crippen LogP contribution in [0.1, 0.15) is 17.3 Å². The molecule has 2 rings (SSSR count). The summed E-state index contributed by atoms with van der Waals surface area (Å²) in [5, 5.41) is 16.1. The summed E-state index contributed by atoms with van der Waals surface area (Å²) >= 11 is 3.07. The minimum absolute atomic E-state index is 0.172. The van der Waals surface area contributed by atoms with Crippen molar-refractivity contribution >= 4 is 44.8 Å². The molecule has 0 spiro atoms. The highest BCUT2D eigenvalue weighted by Gasteiger charge is 2.16. The number of halogens is 1. The van der Waals surface area contributed by atoms with Gasteiger partial charge in [-0.25, -0.2) is 0 Å². The smallest absolute Gasteiger partial charge is 0.284 e. The number of carbonyl (C=O) groups is 2. The van der Waals surface area contributed by atoms with Crippen molar-refractivity contribution in [1.82, 2.24) is 0 Å². The average Bonchev–Trinajstić information content (AvgIpc) is 2.48. The summed E-state index contributed by atoms with van der Waals surface area (Å²) in [6.45, 7) is 1.40. The lowest BCUT2D eigenvalue weighted by Crippen LogP contribution is -2.12. The van der Waals surface area contributed by atoms with Crippen LogP contribution in [0.15, 0.2) is 46.9 Å². The molecule has 2 aromatic rings. The maximum absolute atomic E-state index is 12.1. The summed E-state index contributed by atoms with van der Waals surface area (Å²) in [5.41, 5.74) is 1.11. The Hall–Kier alpha value is -2.74. The number of nitrogens with zero attached hydrogens (tertiary/aromatic N) is 1. The molecule has 0 aliphatic heterocycles. The van der Waals surface area contributed by atoms with Crippen molar-refractivity contribution < 1.29 is 14.5 Å². The van der Waals surface area contributed by atoms with Crippen molar-refractivity contribution in [2.75, 3.05) is 10.6 Å². The maximum atomic E-state index is 12.1. The van der Waals surface area contributed by atoms with Crippen LogP contribution in [0.2, 0.25) is 0 Å². The number of amides is 2. The maximum Gasteiger partial charge on any atom is 0.284 e. The van der Waals surface area contributed by atoms with Crippen molar-refractivity contribution in [3.63, 3.8) is 0 Å². The van der Waals surface area contributed by atoms with Crippen LogP contribution in [-0.4, -0.2) is 16.7 Å². The highest BCUT2D eigenvalue weighted by Crippen LogP contribution is 2.26. The number of hydrogen-bond donors (Lipinski definition) is 2. The van der Waals surface area contributed by atoms with Crippen LogP contribution in [0.3, 0.4) is 0 Å². The molecule has 0 saturated carbocycles. The van der Waals surface area contributed by atoms with E-state index in [0.29, 0.717) is 15.8 Å². The summed E-state index contributed by atoms with van der Waals surface area (Å²) in [5.74, 6) is -0.656. The molecule has 0 aliphatic carbocycles. The van der Waals surface area contributed by atoms with E-state index in [0.717, 1.165) is 0 Å². The molecule has 0 bridgehead atoms. The summed E-state index contributed by atoms with van der Waals surface area (Å²) in [4.78, 5) is 33.4. The second-order valence-electron chi connectivity index (χ2n) is 4.64. The van der Waals surface area contributed by atoms with Crippen molar-refractivity contribution in [1.29, 1.82) is 0 Å². The molecule has 0 aromatic heterocycles. The minimum atomic E-state index is -0.566. The van der Waals surface area contributed by atoms with E-state index in [1.54, 1.807) is 24.3 Å². The molecule has 0 saturated heterocycles. The fraction of sp³-hybridized carbons (Fsp3) is 0.0667. The molecule has 0 radical (unpaired) electrons. The van der Waals surface area contributed by atoms with E-state index in [9.17, 15) is 19.7 Å². The zero-order chi connectivity index (χ0) is 17.0. The van der Waals surface area contributed by atoms with Crippen molar-refractivity contribution in [2.24, 2.45) is 0 Å². The number of nitrogens with one attached hydrogen (secondary N) is 2. The lowest BCUT2D eigenvalue weighted by atomic mass is 10.2. The summed E-state index contributed by atoms with van der Waals surface area (Å²) < 4.78 is 0.304. The molecule has 0 aliphatic rings. The van der Waals surface area contributed by atoms with Crippen LogP contribution in [0.4, 0.5) is 17.1 Å². The summed E-state index contributed by atoms with van der Waals surface area (Å²) in [6.07, 6.45) is 0. The van der Waals surface area contributed by atoms with Gasteiger partial charge in [0.25, 0.3) is 11.6 Å². The van der Waals surface area contributed by atoms with Gasteiger partial charge in [-0.2, -0.15) is 0 Å². The Morgan fingerprint density at radius 3 is 2.13 bits per heavy atom. The van der Waals surface area contributed by atoms with Gasteiger partial charge in [-0.05, 0) is 52.3 Å². The Kier molecular flexibility index (Phi) is 5.07. The van der Waals surface area contributed by atoms with E-state index in [1.807, 2.05) is 0 Å². The number of nitro benzene ring substituents is 1. The van der Waals surface area contributed by atoms with Gasteiger partial charge < -0.3 is 10.6 Å². The van der Waals surface area contributed by atoms with Crippen LogP contribution in [-0.2, 0) is 4.79 Å². The molecule has 7 nitrogen and oxygen atoms in total. The Labute approximate surface area is 140 Å². The van der Waals surface area contributed by atoms with Gasteiger partial charge >= 0.3 is 0 Å². The van der Waals surface area contributed by atoms with E-state index in [1.165, 1.54) is 25.1 Å². The van der Waals surface area contributed by atoms with Gasteiger partial charge in [-0.3, -0.25) is 19.7 Å². The lowest BCUT2D eigenvalue weighted by Gasteiger charge is -2.07. The van der Waals surface area contributed by atoms with E-state index >= 15 is 0 Å². The molecule has 0 fully saturated rings. The number of hydrogen-bond acceptors (Lipinski definition) is 4. The predicted molar refractivity (Wildman–Crippen MR) is 89.5 cm³/mol. The molecular weight excluding hydrogens is 366 g/mol. The molecule has 2 N–H and O–H groups in total. The Balaban J connectivity index is 2.14. The van der Waals surface area contributed by atoms with Gasteiger partial charge in [-0.15, -0.1) is 0 Å². The third-order valence-corrected chi connectivity index (χ3v) is 3.54. The van der Waals surface area contributed by atoms with Crippen LogP contribution >= 0.6 is 15.9 Å². The van der Waals surface area contributed by atoms with E-state index in [2.05, 4.69) is 26.6 Å². The van der Waals surface area contributed by atoms with Crippen LogP contribution in [0.25, 0.3) is 0 Å². The van der Waals surface area contributed by atoms with Gasteiger partial charge in [0, 0.05) is 29.9 Å². The lowest BCUT2D eigenvalue weighted by molar-refractivity contribution is -0.385. The number of carbonyl (C=O) groups excluding carboxylic acids is 2. The third-order valence-electron chi connectivity index (χ3n) is 2.87. The van der Waals surface area contributed by atoms with Crippen molar-refractivity contribution in [2.45, 2.75) is 6.92 Å². The standard InChI is InChI=1S/C15H12BrN3O4/c1-9(20)17-11-3-5-12(6-4-11)18-15(21)10-2-7-13(16)14(8-10)19(22)23/h2-8H,1H3,(H,17,20)(H,18,21). The van der Waals surface area contributed by atoms with Crippen LogP contribution < -0.4 is 10.6 Å². The zero-order valence-corrected chi connectivity index (χ0v) is 13.6. The minimum Gasteiger partial charge on any atom is -0.326 e. The summed E-state index contributed by atoms with van der Waals surface area (Å²) in [6, 6.07) is 10.7. The Morgan fingerprint density at radius 2 is 1.61 bits per heavy atom. The first-order chi connectivity index (χ1) is 10.9. The predicted octanol–water partition coefficient (Wildman–Crippen LogP) is 3.57. The van der Waals surface area contributed by atoms with E-state index < -0.39 is 10.8 Å². The fourth-order valence-corrected chi connectivity index (χ4v) is 2.23. The molecular formula is C15H12BrN3O4. The normalized spacial score (nSPS) is 10.0. The Bertz CT molecular complexity index is 775. The van der Waals surface area contributed by atoms with Gasteiger partial charge in [0.15, 0.2) is 0 Å². The number of anilines is 2. The monoisotopic (exact) mass is 377 g/mol. The molecule has 0 atom stereocenters. The number of nitro groups is 1. The van der Waals surface area contributed by atoms with Crippen molar-refractivity contribution in [3.05, 3.63) is 62.6 Å². The zero-order valence-electron chi connectivity index (χ0n) is 12.0. The molecule has 118 valence electrons. The summed E-state index contributed by atoms with van der Waals surface area (Å²) in [7, 11) is 0. The average molecular weight is 378 g/mol. The van der Waals surface area contributed by atoms with Gasteiger partial charge in [0.2, 0.25) is 5.91 Å². The second kappa shape index (κ2) is 7.01. The largest absolute Gasteiger partial charge is 0.326 e. The molecule has 0 heterocycles.